The van der Waals surface area contributed by atoms with Crippen molar-refractivity contribution < 1.29 is 9.53 Å². The summed E-state index contributed by atoms with van der Waals surface area (Å²) in [6.45, 7) is 5.58. The van der Waals surface area contributed by atoms with Gasteiger partial charge in [0.25, 0.3) is 0 Å². The minimum atomic E-state index is -0.0291. The first kappa shape index (κ1) is 17.9. The van der Waals surface area contributed by atoms with Crippen LogP contribution in [-0.4, -0.2) is 40.8 Å². The summed E-state index contributed by atoms with van der Waals surface area (Å²) in [5, 5.41) is 4.37. The van der Waals surface area contributed by atoms with E-state index in [-0.39, 0.29) is 5.91 Å². The molecule has 1 amide bonds. The largest absolute Gasteiger partial charge is 0.383 e. The first-order valence-electron chi connectivity index (χ1n) is 8.03. The molecular weight excluding hydrogens is 302 g/mol. The van der Waals surface area contributed by atoms with E-state index in [9.17, 15) is 4.79 Å². The van der Waals surface area contributed by atoms with Crippen LogP contribution < -0.4 is 0 Å². The van der Waals surface area contributed by atoms with Gasteiger partial charge in [0.2, 0.25) is 5.91 Å². The van der Waals surface area contributed by atoms with Gasteiger partial charge in [0.15, 0.2) is 0 Å². The Labute approximate surface area is 143 Å². The van der Waals surface area contributed by atoms with Crippen molar-refractivity contribution in [3.63, 3.8) is 0 Å². The number of aromatic nitrogens is 2. The third-order valence-electron chi connectivity index (χ3n) is 4.05. The van der Waals surface area contributed by atoms with Gasteiger partial charge in [-0.25, -0.2) is 0 Å². The average molecular weight is 327 g/mol. The molecule has 0 saturated carbocycles. The van der Waals surface area contributed by atoms with E-state index in [1.165, 1.54) is 0 Å². The SMILES string of the molecule is COCCN(Cc1ccccc1)C(=O)/C=C/c1c(C)nn(C)c1C. The highest BCUT2D eigenvalue weighted by Gasteiger charge is 2.12. The molecule has 128 valence electrons. The summed E-state index contributed by atoms with van der Waals surface area (Å²) < 4.78 is 6.96. The number of carbonyl (C=O) groups is 1. The zero-order chi connectivity index (χ0) is 17.5. The number of ether oxygens (including phenoxy) is 1. The van der Waals surface area contributed by atoms with Gasteiger partial charge in [0.1, 0.15) is 0 Å². The Hall–Kier alpha value is -2.40. The Kier molecular flexibility index (Phi) is 6.32. The second kappa shape index (κ2) is 8.45. The van der Waals surface area contributed by atoms with E-state index >= 15 is 0 Å². The van der Waals surface area contributed by atoms with Gasteiger partial charge in [0.05, 0.1) is 12.3 Å². The summed E-state index contributed by atoms with van der Waals surface area (Å²) >= 11 is 0. The van der Waals surface area contributed by atoms with E-state index < -0.39 is 0 Å². The summed E-state index contributed by atoms with van der Waals surface area (Å²) in [5.41, 5.74) is 4.06. The molecule has 0 unspecified atom stereocenters. The summed E-state index contributed by atoms with van der Waals surface area (Å²) in [6, 6.07) is 9.97. The summed E-state index contributed by atoms with van der Waals surface area (Å²) in [6.07, 6.45) is 3.47. The van der Waals surface area contributed by atoms with Crippen molar-refractivity contribution in [1.29, 1.82) is 0 Å². The van der Waals surface area contributed by atoms with Gasteiger partial charge in [-0.2, -0.15) is 5.10 Å². The van der Waals surface area contributed by atoms with E-state index in [1.54, 1.807) is 18.1 Å². The highest BCUT2D eigenvalue weighted by atomic mass is 16.5. The molecule has 0 fully saturated rings. The van der Waals surface area contributed by atoms with Crippen molar-refractivity contribution in [3.05, 3.63) is 58.9 Å². The quantitative estimate of drug-likeness (QED) is 0.735. The van der Waals surface area contributed by atoms with Crippen molar-refractivity contribution in [2.24, 2.45) is 7.05 Å². The van der Waals surface area contributed by atoms with E-state index in [4.69, 9.17) is 4.74 Å². The third kappa shape index (κ3) is 4.55. The number of rotatable bonds is 7. The van der Waals surface area contributed by atoms with Gasteiger partial charge in [-0.05, 0) is 25.5 Å². The van der Waals surface area contributed by atoms with E-state index in [2.05, 4.69) is 5.10 Å². The molecule has 0 aliphatic rings. The lowest BCUT2D eigenvalue weighted by atomic mass is 10.1. The number of nitrogens with zero attached hydrogens (tertiary/aromatic N) is 3. The Balaban J connectivity index is 2.13. The lowest BCUT2D eigenvalue weighted by molar-refractivity contribution is -0.127. The monoisotopic (exact) mass is 327 g/mol. The lowest BCUT2D eigenvalue weighted by Gasteiger charge is -2.21. The van der Waals surface area contributed by atoms with Crippen LogP contribution in [0.25, 0.3) is 6.08 Å². The molecule has 0 saturated heterocycles. The number of hydrogen-bond donors (Lipinski definition) is 0. The van der Waals surface area contributed by atoms with E-state index in [0.717, 1.165) is 22.5 Å². The molecule has 1 heterocycles. The number of benzene rings is 1. The molecule has 0 atom stereocenters. The maximum atomic E-state index is 12.6. The maximum absolute atomic E-state index is 12.6. The molecule has 0 N–H and O–H groups in total. The van der Waals surface area contributed by atoms with Crippen LogP contribution in [0, 0.1) is 13.8 Å². The predicted octanol–water partition coefficient (Wildman–Crippen LogP) is 2.73. The standard InChI is InChI=1S/C19H25N3O2/c1-15-18(16(2)21(3)20-15)10-11-19(23)22(12-13-24-4)14-17-8-6-5-7-9-17/h5-11H,12-14H2,1-4H3/b11-10+. The van der Waals surface area contributed by atoms with Crippen LogP contribution in [0.5, 0.6) is 0 Å². The van der Waals surface area contributed by atoms with Crippen LogP contribution >= 0.6 is 0 Å². The van der Waals surface area contributed by atoms with Crippen LogP contribution in [0.2, 0.25) is 0 Å². The Morgan fingerprint density at radius 2 is 2.00 bits per heavy atom. The van der Waals surface area contributed by atoms with Crippen molar-refractivity contribution >= 4 is 12.0 Å². The average Bonchev–Trinajstić information content (AvgIpc) is 2.82. The molecule has 5 nitrogen and oxygen atoms in total. The molecule has 2 aromatic rings. The molecule has 0 radical (unpaired) electrons. The van der Waals surface area contributed by atoms with Gasteiger partial charge in [-0.1, -0.05) is 30.3 Å². The van der Waals surface area contributed by atoms with E-state index in [0.29, 0.717) is 19.7 Å². The van der Waals surface area contributed by atoms with Gasteiger partial charge >= 0.3 is 0 Å². The number of amides is 1. The fourth-order valence-electron chi connectivity index (χ4n) is 2.56. The summed E-state index contributed by atoms with van der Waals surface area (Å²) in [5.74, 6) is -0.0291. The maximum Gasteiger partial charge on any atom is 0.246 e. The number of methoxy groups -OCH3 is 1. The summed E-state index contributed by atoms with van der Waals surface area (Å²) in [4.78, 5) is 14.4. The molecule has 0 bridgehead atoms. The molecule has 0 aliphatic heterocycles. The van der Waals surface area contributed by atoms with Crippen molar-refractivity contribution in [3.8, 4) is 0 Å². The number of aryl methyl sites for hydroxylation is 2. The second-order valence-corrected chi connectivity index (χ2v) is 5.78. The first-order chi connectivity index (χ1) is 11.5. The number of carbonyl (C=O) groups excluding carboxylic acids is 1. The minimum absolute atomic E-state index is 0.0291. The topological polar surface area (TPSA) is 47.4 Å². The highest BCUT2D eigenvalue weighted by Crippen LogP contribution is 2.14. The Bertz CT molecular complexity index is 705. The smallest absolute Gasteiger partial charge is 0.246 e. The molecule has 0 aliphatic carbocycles. The first-order valence-corrected chi connectivity index (χ1v) is 8.03. The Morgan fingerprint density at radius 1 is 1.29 bits per heavy atom. The molecular formula is C19H25N3O2. The molecule has 5 heteroatoms. The molecule has 1 aromatic carbocycles. The van der Waals surface area contributed by atoms with E-state index in [1.807, 2.05) is 62.0 Å². The fraction of sp³-hybridized carbons (Fsp3) is 0.368. The van der Waals surface area contributed by atoms with Crippen LogP contribution in [0.15, 0.2) is 36.4 Å². The molecule has 1 aromatic heterocycles. The normalized spacial score (nSPS) is 11.2. The van der Waals surface area contributed by atoms with Crippen molar-refractivity contribution in [2.75, 3.05) is 20.3 Å². The van der Waals surface area contributed by atoms with Crippen molar-refractivity contribution in [1.82, 2.24) is 14.7 Å². The predicted molar refractivity (Wildman–Crippen MR) is 95.5 cm³/mol. The molecule has 24 heavy (non-hydrogen) atoms. The summed E-state index contributed by atoms with van der Waals surface area (Å²) in [7, 11) is 3.55. The van der Waals surface area contributed by atoms with Gasteiger partial charge in [-0.15, -0.1) is 0 Å². The minimum Gasteiger partial charge on any atom is -0.383 e. The highest BCUT2D eigenvalue weighted by molar-refractivity contribution is 5.92. The van der Waals surface area contributed by atoms with Crippen LogP contribution in [-0.2, 0) is 23.1 Å². The number of hydrogen-bond acceptors (Lipinski definition) is 3. The fourth-order valence-corrected chi connectivity index (χ4v) is 2.56. The van der Waals surface area contributed by atoms with Crippen molar-refractivity contribution in [2.45, 2.75) is 20.4 Å². The van der Waals surface area contributed by atoms with Crippen LogP contribution in [0.1, 0.15) is 22.5 Å². The van der Waals surface area contributed by atoms with Crippen LogP contribution in [0.3, 0.4) is 0 Å². The zero-order valence-electron chi connectivity index (χ0n) is 14.8. The molecule has 0 spiro atoms. The zero-order valence-corrected chi connectivity index (χ0v) is 14.8. The van der Waals surface area contributed by atoms with Crippen LogP contribution in [0.4, 0.5) is 0 Å². The lowest BCUT2D eigenvalue weighted by Crippen LogP contribution is -2.32. The Morgan fingerprint density at radius 3 is 2.58 bits per heavy atom. The second-order valence-electron chi connectivity index (χ2n) is 5.78. The van der Waals surface area contributed by atoms with Gasteiger partial charge in [0, 0.05) is 44.6 Å². The van der Waals surface area contributed by atoms with Gasteiger partial charge < -0.3 is 9.64 Å². The van der Waals surface area contributed by atoms with Gasteiger partial charge in [-0.3, -0.25) is 9.48 Å². The third-order valence-corrected chi connectivity index (χ3v) is 4.05. The molecule has 2 rings (SSSR count).